The second-order valence-electron chi connectivity index (χ2n) is 8.76. The number of aromatic nitrogens is 6. The van der Waals surface area contributed by atoms with Crippen molar-refractivity contribution in [3.63, 3.8) is 0 Å². The maximum absolute atomic E-state index is 11.4. The van der Waals surface area contributed by atoms with Crippen molar-refractivity contribution >= 4 is 5.97 Å². The molecule has 4 heterocycles. The Hall–Kier alpha value is -4.28. The van der Waals surface area contributed by atoms with E-state index in [1.807, 2.05) is 37.3 Å². The van der Waals surface area contributed by atoms with Crippen molar-refractivity contribution in [1.82, 2.24) is 30.1 Å². The van der Waals surface area contributed by atoms with E-state index in [4.69, 9.17) is 14.0 Å². The molecule has 0 radical (unpaired) electrons. The third-order valence-electron chi connectivity index (χ3n) is 6.25. The second kappa shape index (κ2) is 10.1. The van der Waals surface area contributed by atoms with Crippen LogP contribution >= 0.6 is 0 Å². The van der Waals surface area contributed by atoms with Crippen LogP contribution < -0.4 is 9.47 Å². The number of aryl methyl sites for hydroxylation is 2. The summed E-state index contributed by atoms with van der Waals surface area (Å²) >= 11 is 0. The Labute approximate surface area is 207 Å². The van der Waals surface area contributed by atoms with Crippen LogP contribution in [-0.4, -0.2) is 47.3 Å². The lowest BCUT2D eigenvalue weighted by molar-refractivity contribution is -0.143. The molecule has 0 bridgehead atoms. The zero-order valence-corrected chi connectivity index (χ0v) is 20.0. The molecule has 0 unspecified atom stereocenters. The Balaban J connectivity index is 1.28. The van der Waals surface area contributed by atoms with E-state index in [-0.39, 0.29) is 18.6 Å². The van der Waals surface area contributed by atoms with Gasteiger partial charge in [-0.1, -0.05) is 11.3 Å². The molecule has 1 aliphatic carbocycles. The molecule has 1 saturated carbocycles. The van der Waals surface area contributed by atoms with Crippen LogP contribution in [0.15, 0.2) is 47.1 Å². The highest BCUT2D eigenvalue weighted by molar-refractivity contribution is 5.70. The van der Waals surface area contributed by atoms with Crippen molar-refractivity contribution in [3.8, 4) is 34.5 Å². The van der Waals surface area contributed by atoms with Gasteiger partial charge in [-0.05, 0) is 62.0 Å². The molecule has 11 heteroatoms. The van der Waals surface area contributed by atoms with Crippen LogP contribution in [0.25, 0.3) is 22.8 Å². The minimum Gasteiger partial charge on any atom is -0.489 e. The SMILES string of the molecule is Cc1nc(-c2nnn(C)c2COc2cc(-c3ccccn3)on2)ccc1O[C@H]1CCC[C@H](C(=O)O)C1. The zero-order chi connectivity index (χ0) is 25.1. The molecule has 11 nitrogen and oxygen atoms in total. The molecule has 36 heavy (non-hydrogen) atoms. The first-order chi connectivity index (χ1) is 17.5. The summed E-state index contributed by atoms with van der Waals surface area (Å²) in [5.41, 5.74) is 3.29. The van der Waals surface area contributed by atoms with Gasteiger partial charge >= 0.3 is 5.97 Å². The number of hydrogen-bond acceptors (Lipinski definition) is 9. The number of hydrogen-bond donors (Lipinski definition) is 1. The van der Waals surface area contributed by atoms with E-state index in [1.54, 1.807) is 24.0 Å². The number of rotatable bonds is 8. The third-order valence-corrected chi connectivity index (χ3v) is 6.25. The molecule has 5 rings (SSSR count). The van der Waals surface area contributed by atoms with E-state index in [0.717, 1.165) is 18.5 Å². The van der Waals surface area contributed by atoms with Gasteiger partial charge in [-0.15, -0.1) is 5.10 Å². The Morgan fingerprint density at radius 3 is 2.89 bits per heavy atom. The molecule has 0 aromatic carbocycles. The quantitative estimate of drug-likeness (QED) is 0.388. The van der Waals surface area contributed by atoms with Gasteiger partial charge in [0.1, 0.15) is 29.4 Å². The second-order valence-corrected chi connectivity index (χ2v) is 8.76. The first-order valence-corrected chi connectivity index (χ1v) is 11.7. The van der Waals surface area contributed by atoms with Crippen molar-refractivity contribution in [2.24, 2.45) is 13.0 Å². The first-order valence-electron chi connectivity index (χ1n) is 11.7. The van der Waals surface area contributed by atoms with Gasteiger partial charge in [-0.3, -0.25) is 9.78 Å². The van der Waals surface area contributed by atoms with Crippen LogP contribution in [0.3, 0.4) is 0 Å². The Morgan fingerprint density at radius 2 is 2.11 bits per heavy atom. The van der Waals surface area contributed by atoms with Gasteiger partial charge in [0.05, 0.1) is 29.5 Å². The van der Waals surface area contributed by atoms with Crippen molar-refractivity contribution in [3.05, 3.63) is 54.0 Å². The Bertz CT molecular complexity index is 1350. The van der Waals surface area contributed by atoms with Gasteiger partial charge in [-0.25, -0.2) is 9.67 Å². The molecule has 4 aromatic rings. The summed E-state index contributed by atoms with van der Waals surface area (Å²) in [7, 11) is 1.78. The fourth-order valence-electron chi connectivity index (χ4n) is 4.30. The number of carboxylic acids is 1. The fourth-order valence-corrected chi connectivity index (χ4v) is 4.30. The van der Waals surface area contributed by atoms with Gasteiger partial charge in [0, 0.05) is 13.2 Å². The molecular formula is C25H26N6O5. The predicted octanol–water partition coefficient (Wildman–Crippen LogP) is 3.84. The Kier molecular flexibility index (Phi) is 6.61. The molecular weight excluding hydrogens is 464 g/mol. The summed E-state index contributed by atoms with van der Waals surface area (Å²) in [5.74, 6) is 0.353. The van der Waals surface area contributed by atoms with E-state index >= 15 is 0 Å². The van der Waals surface area contributed by atoms with E-state index in [2.05, 4.69) is 25.4 Å². The van der Waals surface area contributed by atoms with E-state index < -0.39 is 5.97 Å². The lowest BCUT2D eigenvalue weighted by Gasteiger charge is -2.27. The number of carbonyl (C=O) groups is 1. The molecule has 1 fully saturated rings. The van der Waals surface area contributed by atoms with Crippen LogP contribution in [0, 0.1) is 12.8 Å². The number of pyridine rings is 2. The number of aliphatic carboxylic acids is 1. The molecule has 0 saturated heterocycles. The van der Waals surface area contributed by atoms with E-state index in [0.29, 0.717) is 53.0 Å². The van der Waals surface area contributed by atoms with Crippen LogP contribution in [0.1, 0.15) is 37.1 Å². The molecule has 1 N–H and O–H groups in total. The molecule has 2 atom stereocenters. The summed E-state index contributed by atoms with van der Waals surface area (Å²) in [6.45, 7) is 2.02. The molecule has 0 spiro atoms. The average molecular weight is 491 g/mol. The molecule has 186 valence electrons. The minimum atomic E-state index is -0.760. The number of carboxylic acid groups (broad SMARTS) is 1. The zero-order valence-electron chi connectivity index (χ0n) is 20.0. The minimum absolute atomic E-state index is 0.134. The standard InChI is InChI=1S/C25H26N6O5/c1-15-21(35-17-7-5-6-16(12-17)25(32)33)10-9-19(27-15)24-20(31(2)30-28-24)14-34-23-13-22(36-29-23)18-8-3-4-11-26-18/h3-4,8-11,13,16-17H,5-7,12,14H2,1-2H3,(H,32,33)/t16-,17-/m0/s1. The monoisotopic (exact) mass is 490 g/mol. The summed E-state index contributed by atoms with van der Waals surface area (Å²) in [6.07, 6.45) is 4.42. The maximum Gasteiger partial charge on any atom is 0.306 e. The molecule has 0 amide bonds. The maximum atomic E-state index is 11.4. The molecule has 0 aliphatic heterocycles. The topological polar surface area (TPSA) is 138 Å². The Morgan fingerprint density at radius 1 is 1.22 bits per heavy atom. The molecule has 4 aromatic heterocycles. The highest BCUT2D eigenvalue weighted by Gasteiger charge is 2.28. The van der Waals surface area contributed by atoms with Gasteiger partial charge in [-0.2, -0.15) is 0 Å². The summed E-state index contributed by atoms with van der Waals surface area (Å²) in [5, 5.41) is 21.7. The van der Waals surface area contributed by atoms with E-state index in [9.17, 15) is 9.90 Å². The van der Waals surface area contributed by atoms with Gasteiger partial charge in [0.25, 0.3) is 5.88 Å². The smallest absolute Gasteiger partial charge is 0.306 e. The van der Waals surface area contributed by atoms with Crippen molar-refractivity contribution in [2.75, 3.05) is 0 Å². The lowest BCUT2D eigenvalue weighted by atomic mass is 9.87. The van der Waals surface area contributed by atoms with Crippen molar-refractivity contribution in [2.45, 2.75) is 45.3 Å². The van der Waals surface area contributed by atoms with Crippen LogP contribution in [0.5, 0.6) is 11.6 Å². The molecule has 1 aliphatic rings. The van der Waals surface area contributed by atoms with Crippen molar-refractivity contribution < 1.29 is 23.9 Å². The average Bonchev–Trinajstić information content (AvgIpc) is 3.51. The van der Waals surface area contributed by atoms with Gasteiger partial charge in [0.15, 0.2) is 5.76 Å². The first kappa shape index (κ1) is 23.5. The fraction of sp³-hybridized carbons (Fsp3) is 0.360. The van der Waals surface area contributed by atoms with Crippen LogP contribution in [0.4, 0.5) is 0 Å². The van der Waals surface area contributed by atoms with Crippen molar-refractivity contribution in [1.29, 1.82) is 0 Å². The third kappa shape index (κ3) is 5.04. The van der Waals surface area contributed by atoms with Gasteiger partial charge < -0.3 is 19.1 Å². The van der Waals surface area contributed by atoms with Crippen LogP contribution in [-0.2, 0) is 18.4 Å². The van der Waals surface area contributed by atoms with E-state index in [1.165, 1.54) is 0 Å². The predicted molar refractivity (Wildman–Crippen MR) is 127 cm³/mol. The van der Waals surface area contributed by atoms with Crippen LogP contribution in [0.2, 0.25) is 0 Å². The summed E-state index contributed by atoms with van der Waals surface area (Å²) < 4.78 is 18.9. The van der Waals surface area contributed by atoms with Gasteiger partial charge in [0.2, 0.25) is 0 Å². The highest BCUT2D eigenvalue weighted by atomic mass is 16.5. The normalized spacial score (nSPS) is 17.6. The highest BCUT2D eigenvalue weighted by Crippen LogP contribution is 2.31. The summed E-state index contributed by atoms with van der Waals surface area (Å²) in [6, 6.07) is 10.9. The lowest BCUT2D eigenvalue weighted by Crippen LogP contribution is -2.29. The number of ether oxygens (including phenoxy) is 2. The summed E-state index contributed by atoms with van der Waals surface area (Å²) in [4.78, 5) is 20.3. The number of nitrogens with zero attached hydrogens (tertiary/aromatic N) is 6. The largest absolute Gasteiger partial charge is 0.489 e.